The molecule has 1 aromatic carbocycles. The molecule has 0 aromatic heterocycles. The Morgan fingerprint density at radius 1 is 1.43 bits per heavy atom. The number of allylic oxidation sites excluding steroid dienone is 1. The van der Waals surface area contributed by atoms with Crippen LogP contribution in [0.2, 0.25) is 0 Å². The lowest BCUT2D eigenvalue weighted by atomic mass is 9.78. The fraction of sp³-hybridized carbons (Fsp3) is 0.312. The van der Waals surface area contributed by atoms with E-state index in [1.54, 1.807) is 24.3 Å². The van der Waals surface area contributed by atoms with Crippen LogP contribution < -0.4 is 10.1 Å². The fourth-order valence-corrected chi connectivity index (χ4v) is 2.88. The number of methoxy groups -OCH3 is 1. The predicted octanol–water partition coefficient (Wildman–Crippen LogP) is 1.75. The molecule has 1 heterocycles. The summed E-state index contributed by atoms with van der Waals surface area (Å²) >= 11 is 4.16. The van der Waals surface area contributed by atoms with Gasteiger partial charge in [-0.15, -0.1) is 12.6 Å². The van der Waals surface area contributed by atoms with Crippen LogP contribution in [0, 0.1) is 17.2 Å². The molecule has 120 valence electrons. The molecule has 0 fully saturated rings. The van der Waals surface area contributed by atoms with Crippen molar-refractivity contribution in [1.82, 2.24) is 5.32 Å². The monoisotopic (exact) mass is 332 g/mol. The van der Waals surface area contributed by atoms with Gasteiger partial charge in [0, 0.05) is 11.5 Å². The molecule has 1 aromatic rings. The first kappa shape index (κ1) is 16.9. The summed E-state index contributed by atoms with van der Waals surface area (Å²) in [5.41, 5.74) is 0.762. The van der Waals surface area contributed by atoms with E-state index in [-0.39, 0.29) is 10.6 Å². The third-order valence-electron chi connectivity index (χ3n) is 3.55. The van der Waals surface area contributed by atoms with Gasteiger partial charge in [-0.3, -0.25) is 9.59 Å². The fourth-order valence-electron chi connectivity index (χ4n) is 2.58. The highest BCUT2D eigenvalue weighted by Crippen LogP contribution is 2.41. The van der Waals surface area contributed by atoms with E-state index in [1.165, 1.54) is 7.11 Å². The van der Waals surface area contributed by atoms with Gasteiger partial charge in [-0.2, -0.15) is 5.26 Å². The first-order valence-electron chi connectivity index (χ1n) is 6.98. The van der Waals surface area contributed by atoms with E-state index in [0.29, 0.717) is 17.9 Å². The van der Waals surface area contributed by atoms with Crippen molar-refractivity contribution in [3.8, 4) is 11.8 Å². The van der Waals surface area contributed by atoms with E-state index in [0.717, 1.165) is 0 Å². The number of thiol groups is 1. The molecule has 0 bridgehead atoms. The number of carbonyl (C=O) groups excluding carboxylic acids is 2. The summed E-state index contributed by atoms with van der Waals surface area (Å²) in [4.78, 5) is 24.4. The third-order valence-corrected chi connectivity index (χ3v) is 3.91. The van der Waals surface area contributed by atoms with E-state index < -0.39 is 23.7 Å². The molecule has 2 rings (SSSR count). The van der Waals surface area contributed by atoms with Crippen molar-refractivity contribution in [3.63, 3.8) is 0 Å². The summed E-state index contributed by atoms with van der Waals surface area (Å²) < 4.78 is 10.3. The van der Waals surface area contributed by atoms with Crippen LogP contribution in [0.15, 0.2) is 34.9 Å². The van der Waals surface area contributed by atoms with Gasteiger partial charge in [0.25, 0.3) is 0 Å². The molecule has 0 spiro atoms. The minimum atomic E-state index is -1.17. The maximum atomic E-state index is 12.3. The molecule has 2 atom stereocenters. The molecule has 1 aliphatic heterocycles. The van der Waals surface area contributed by atoms with Gasteiger partial charge >= 0.3 is 5.97 Å². The molecule has 1 amide bonds. The van der Waals surface area contributed by atoms with Crippen LogP contribution >= 0.6 is 12.6 Å². The minimum Gasteiger partial charge on any atom is -0.494 e. The first-order valence-corrected chi connectivity index (χ1v) is 7.43. The summed E-state index contributed by atoms with van der Waals surface area (Å²) in [5.74, 6) is -2.74. The maximum absolute atomic E-state index is 12.3. The zero-order valence-electron chi connectivity index (χ0n) is 12.7. The summed E-state index contributed by atoms with van der Waals surface area (Å²) in [6, 6.07) is 9.02. The van der Waals surface area contributed by atoms with E-state index >= 15 is 0 Å². The zero-order valence-corrected chi connectivity index (χ0v) is 13.6. The van der Waals surface area contributed by atoms with Gasteiger partial charge < -0.3 is 14.8 Å². The topological polar surface area (TPSA) is 88.4 Å². The Morgan fingerprint density at radius 2 is 2.13 bits per heavy atom. The van der Waals surface area contributed by atoms with Crippen LogP contribution in [0.5, 0.6) is 5.75 Å². The summed E-state index contributed by atoms with van der Waals surface area (Å²) in [7, 11) is 1.20. The number of esters is 1. The molecule has 0 radical (unpaired) electrons. The number of rotatable bonds is 4. The first-order chi connectivity index (χ1) is 11.0. The molecule has 1 N–H and O–H groups in total. The van der Waals surface area contributed by atoms with Gasteiger partial charge in [0.2, 0.25) is 5.91 Å². The standard InChI is InChI=1S/C16H16N2O4S/c1-3-22-11-7-5-4-6-9(11)12-10(8-17)15(23)18-14(19)13(12)16(20)21-2/h4-7,12-13,23H,3H2,1-2H3,(H,18,19)/t12-,13-/m0/s1. The Labute approximate surface area is 139 Å². The Morgan fingerprint density at radius 3 is 2.74 bits per heavy atom. The second-order valence-corrected chi connectivity index (χ2v) is 5.26. The largest absolute Gasteiger partial charge is 0.494 e. The molecular weight excluding hydrogens is 316 g/mol. The van der Waals surface area contributed by atoms with E-state index in [2.05, 4.69) is 17.9 Å². The van der Waals surface area contributed by atoms with E-state index in [9.17, 15) is 14.9 Å². The van der Waals surface area contributed by atoms with Crippen molar-refractivity contribution in [3.05, 3.63) is 40.4 Å². The van der Waals surface area contributed by atoms with Crippen LogP contribution in [0.25, 0.3) is 0 Å². The highest BCUT2D eigenvalue weighted by molar-refractivity contribution is 7.84. The van der Waals surface area contributed by atoms with Crippen molar-refractivity contribution in [2.24, 2.45) is 5.92 Å². The molecule has 0 aliphatic carbocycles. The van der Waals surface area contributed by atoms with Crippen molar-refractivity contribution < 1.29 is 19.1 Å². The molecule has 1 aliphatic rings. The maximum Gasteiger partial charge on any atom is 0.319 e. The van der Waals surface area contributed by atoms with Gasteiger partial charge in [-0.25, -0.2) is 0 Å². The number of para-hydroxylation sites is 1. The van der Waals surface area contributed by atoms with Gasteiger partial charge in [0.1, 0.15) is 11.7 Å². The zero-order chi connectivity index (χ0) is 17.0. The van der Waals surface area contributed by atoms with Crippen LogP contribution in [0.1, 0.15) is 18.4 Å². The minimum absolute atomic E-state index is 0.133. The van der Waals surface area contributed by atoms with Gasteiger partial charge in [-0.05, 0) is 13.0 Å². The van der Waals surface area contributed by atoms with Gasteiger partial charge in [0.15, 0.2) is 0 Å². The summed E-state index contributed by atoms with van der Waals surface area (Å²) in [5, 5.41) is 12.0. The molecule has 0 unspecified atom stereocenters. The average Bonchev–Trinajstić information content (AvgIpc) is 2.54. The Balaban J connectivity index is 2.66. The highest BCUT2D eigenvalue weighted by atomic mass is 32.1. The van der Waals surface area contributed by atoms with Crippen molar-refractivity contribution in [1.29, 1.82) is 5.26 Å². The lowest BCUT2D eigenvalue weighted by molar-refractivity contribution is -0.150. The summed E-state index contributed by atoms with van der Waals surface area (Å²) in [6.07, 6.45) is 0. The van der Waals surface area contributed by atoms with Crippen molar-refractivity contribution >= 4 is 24.5 Å². The number of amides is 1. The molecule has 0 saturated heterocycles. The SMILES string of the molecule is CCOc1ccccc1[C@H]1C(C#N)=C(S)NC(=O)[C@H]1C(=O)OC. The number of carbonyl (C=O) groups is 2. The molecule has 23 heavy (non-hydrogen) atoms. The number of nitriles is 1. The number of nitrogens with one attached hydrogen (secondary N) is 1. The van der Waals surface area contributed by atoms with E-state index in [4.69, 9.17) is 9.47 Å². The van der Waals surface area contributed by atoms with Crippen molar-refractivity contribution in [2.75, 3.05) is 13.7 Å². The second-order valence-electron chi connectivity index (χ2n) is 4.81. The number of hydrogen-bond acceptors (Lipinski definition) is 6. The molecule has 6 nitrogen and oxygen atoms in total. The smallest absolute Gasteiger partial charge is 0.319 e. The third kappa shape index (κ3) is 3.17. The number of hydrogen-bond donors (Lipinski definition) is 2. The van der Waals surface area contributed by atoms with Crippen LogP contribution in [0.4, 0.5) is 0 Å². The normalized spacial score (nSPS) is 20.5. The second kappa shape index (κ2) is 7.20. The van der Waals surface area contributed by atoms with Crippen LogP contribution in [0.3, 0.4) is 0 Å². The highest BCUT2D eigenvalue weighted by Gasteiger charge is 2.44. The van der Waals surface area contributed by atoms with Gasteiger partial charge in [-0.1, -0.05) is 18.2 Å². The van der Waals surface area contributed by atoms with Crippen LogP contribution in [-0.2, 0) is 14.3 Å². The molecule has 7 heteroatoms. The average molecular weight is 332 g/mol. The van der Waals surface area contributed by atoms with Crippen molar-refractivity contribution in [2.45, 2.75) is 12.8 Å². The van der Waals surface area contributed by atoms with Gasteiger partial charge in [0.05, 0.1) is 30.4 Å². The molecular formula is C16H16N2O4S. The van der Waals surface area contributed by atoms with E-state index in [1.807, 2.05) is 13.0 Å². The lowest BCUT2D eigenvalue weighted by Gasteiger charge is -2.30. The number of nitrogens with zero attached hydrogens (tertiary/aromatic N) is 1. The summed E-state index contributed by atoms with van der Waals surface area (Å²) in [6.45, 7) is 2.24. The lowest BCUT2D eigenvalue weighted by Crippen LogP contribution is -2.43. The Bertz CT molecular complexity index is 708. The molecule has 0 saturated carbocycles. The number of ether oxygens (including phenoxy) is 2. The van der Waals surface area contributed by atoms with Crippen LogP contribution in [-0.4, -0.2) is 25.6 Å². The number of benzene rings is 1. The Hall–Kier alpha value is -2.46. The quantitative estimate of drug-likeness (QED) is 0.498. The predicted molar refractivity (Wildman–Crippen MR) is 85.6 cm³/mol. The Kier molecular flexibility index (Phi) is 5.29.